The predicted octanol–water partition coefficient (Wildman–Crippen LogP) is 5.21. The number of methoxy groups -OCH3 is 3. The lowest BCUT2D eigenvalue weighted by Crippen LogP contribution is -2.50. The van der Waals surface area contributed by atoms with Crippen LogP contribution < -0.4 is 19.5 Å². The summed E-state index contributed by atoms with van der Waals surface area (Å²) in [6.07, 6.45) is 0.460. The third kappa shape index (κ3) is 7.88. The third-order valence-electron chi connectivity index (χ3n) is 6.92. The van der Waals surface area contributed by atoms with E-state index in [0.29, 0.717) is 23.7 Å². The molecule has 1 N–H and O–H groups in total. The molecule has 4 aromatic carbocycles. The second-order valence-electron chi connectivity index (χ2n) is 9.61. The van der Waals surface area contributed by atoms with E-state index in [-0.39, 0.29) is 31.3 Å². The fraction of sp³-hybridized carbons (Fsp3) is 0.235. The predicted molar refractivity (Wildman–Crippen MR) is 159 cm³/mol. The van der Waals surface area contributed by atoms with E-state index in [9.17, 15) is 9.59 Å². The number of rotatable bonds is 13. The van der Waals surface area contributed by atoms with Gasteiger partial charge in [-0.25, -0.2) is 0 Å². The topological polar surface area (TPSA) is 77.1 Å². The van der Waals surface area contributed by atoms with E-state index in [1.807, 2.05) is 91.0 Å². The number of nitrogens with one attached hydrogen (secondary N) is 1. The second-order valence-corrected chi connectivity index (χ2v) is 9.61. The van der Waals surface area contributed by atoms with Crippen molar-refractivity contribution < 1.29 is 23.8 Å². The molecule has 1 unspecified atom stereocenters. The minimum absolute atomic E-state index is 0.0955. The minimum Gasteiger partial charge on any atom is -0.496 e. The van der Waals surface area contributed by atoms with Crippen LogP contribution in [0.4, 0.5) is 0 Å². The summed E-state index contributed by atoms with van der Waals surface area (Å²) in [5.74, 6) is 1.41. The highest BCUT2D eigenvalue weighted by Crippen LogP contribution is 2.28. The van der Waals surface area contributed by atoms with E-state index in [2.05, 4.69) is 5.32 Å². The quantitative estimate of drug-likeness (QED) is 0.246. The maximum Gasteiger partial charge on any atom is 0.243 e. The SMILES string of the molecule is COc1ccccc1CNC(=O)C(Cc1ccccc1)N(Cc1ccccc1)C(=O)Cc1ccc(OC)c(OC)c1. The van der Waals surface area contributed by atoms with Gasteiger partial charge in [-0.1, -0.05) is 84.9 Å². The summed E-state index contributed by atoms with van der Waals surface area (Å²) >= 11 is 0. The molecule has 0 aliphatic carbocycles. The van der Waals surface area contributed by atoms with Crippen molar-refractivity contribution in [2.75, 3.05) is 21.3 Å². The summed E-state index contributed by atoms with van der Waals surface area (Å²) in [4.78, 5) is 29.6. The van der Waals surface area contributed by atoms with Gasteiger partial charge in [-0.15, -0.1) is 0 Å². The number of amides is 2. The van der Waals surface area contributed by atoms with Crippen molar-refractivity contribution in [1.29, 1.82) is 0 Å². The van der Waals surface area contributed by atoms with E-state index in [1.54, 1.807) is 38.4 Å². The van der Waals surface area contributed by atoms with Gasteiger partial charge in [0.1, 0.15) is 11.8 Å². The normalized spacial score (nSPS) is 11.3. The maximum atomic E-state index is 14.0. The van der Waals surface area contributed by atoms with Crippen LogP contribution in [0.1, 0.15) is 22.3 Å². The number of ether oxygens (including phenoxy) is 3. The highest BCUT2D eigenvalue weighted by molar-refractivity contribution is 5.89. The van der Waals surface area contributed by atoms with Gasteiger partial charge in [0.05, 0.1) is 27.8 Å². The zero-order valence-corrected chi connectivity index (χ0v) is 23.7. The molecule has 0 fully saturated rings. The number of carbonyl (C=O) groups is 2. The molecule has 0 radical (unpaired) electrons. The summed E-state index contributed by atoms with van der Waals surface area (Å²) in [6.45, 7) is 0.559. The van der Waals surface area contributed by atoms with E-state index in [4.69, 9.17) is 14.2 Å². The van der Waals surface area contributed by atoms with Crippen molar-refractivity contribution >= 4 is 11.8 Å². The average Bonchev–Trinajstić information content (AvgIpc) is 3.02. The van der Waals surface area contributed by atoms with E-state index in [0.717, 1.165) is 22.3 Å². The summed E-state index contributed by atoms with van der Waals surface area (Å²) in [6, 6.07) is 31.7. The monoisotopic (exact) mass is 552 g/mol. The molecule has 0 aliphatic rings. The Bertz CT molecular complexity index is 1430. The van der Waals surface area contributed by atoms with Crippen molar-refractivity contribution in [1.82, 2.24) is 10.2 Å². The molecule has 7 heteroatoms. The highest BCUT2D eigenvalue weighted by atomic mass is 16.5. The number of hydrogen-bond donors (Lipinski definition) is 1. The standard InChI is InChI=1S/C34H36N2O5/c1-39-30-17-11-10-16-28(30)23-35-34(38)29(20-25-12-6-4-7-13-25)36(24-26-14-8-5-9-15-26)33(37)22-27-18-19-31(40-2)32(21-27)41-3/h4-19,21,29H,20,22-24H2,1-3H3,(H,35,38). The molecule has 212 valence electrons. The van der Waals surface area contributed by atoms with Crippen LogP contribution in [0.2, 0.25) is 0 Å². The van der Waals surface area contributed by atoms with Gasteiger partial charge >= 0.3 is 0 Å². The first kappa shape index (κ1) is 29.2. The molecule has 4 aromatic rings. The van der Waals surface area contributed by atoms with Crippen molar-refractivity contribution in [3.63, 3.8) is 0 Å². The fourth-order valence-corrected chi connectivity index (χ4v) is 4.75. The molecule has 0 bridgehead atoms. The Morgan fingerprint density at radius 1 is 0.683 bits per heavy atom. The Hall–Kier alpha value is -4.78. The maximum absolute atomic E-state index is 14.0. The van der Waals surface area contributed by atoms with Crippen LogP contribution in [0, 0.1) is 0 Å². The lowest BCUT2D eigenvalue weighted by molar-refractivity contribution is -0.140. The highest BCUT2D eigenvalue weighted by Gasteiger charge is 2.30. The molecule has 0 saturated heterocycles. The van der Waals surface area contributed by atoms with Crippen molar-refractivity contribution in [2.45, 2.75) is 32.0 Å². The van der Waals surface area contributed by atoms with Crippen LogP contribution in [0.3, 0.4) is 0 Å². The van der Waals surface area contributed by atoms with Crippen molar-refractivity contribution in [3.05, 3.63) is 125 Å². The van der Waals surface area contributed by atoms with Crippen LogP contribution in [0.15, 0.2) is 103 Å². The third-order valence-corrected chi connectivity index (χ3v) is 6.92. The molecule has 2 amide bonds. The first-order chi connectivity index (χ1) is 20.0. The Labute approximate surface area is 241 Å². The zero-order valence-electron chi connectivity index (χ0n) is 23.7. The molecule has 0 spiro atoms. The van der Waals surface area contributed by atoms with Crippen LogP contribution in [0.5, 0.6) is 17.2 Å². The summed E-state index contributed by atoms with van der Waals surface area (Å²) in [7, 11) is 4.74. The van der Waals surface area contributed by atoms with Crippen LogP contribution >= 0.6 is 0 Å². The number of hydrogen-bond acceptors (Lipinski definition) is 5. The molecule has 0 aliphatic heterocycles. The van der Waals surface area contributed by atoms with Gasteiger partial charge in [-0.3, -0.25) is 9.59 Å². The molecular formula is C34H36N2O5. The largest absolute Gasteiger partial charge is 0.496 e. The zero-order chi connectivity index (χ0) is 29.0. The molecule has 41 heavy (non-hydrogen) atoms. The Kier molecular flexibility index (Phi) is 10.4. The number of nitrogens with zero attached hydrogens (tertiary/aromatic N) is 1. The van der Waals surface area contributed by atoms with Crippen molar-refractivity contribution in [2.24, 2.45) is 0 Å². The van der Waals surface area contributed by atoms with Gasteiger partial charge in [0.2, 0.25) is 11.8 Å². The van der Waals surface area contributed by atoms with Gasteiger partial charge in [0.15, 0.2) is 11.5 Å². The Balaban J connectivity index is 1.66. The molecule has 0 saturated carbocycles. The summed E-state index contributed by atoms with van der Waals surface area (Å²) < 4.78 is 16.3. The van der Waals surface area contributed by atoms with Gasteiger partial charge in [0.25, 0.3) is 0 Å². The Morgan fingerprint density at radius 2 is 1.29 bits per heavy atom. The van der Waals surface area contributed by atoms with Crippen LogP contribution in [0.25, 0.3) is 0 Å². The van der Waals surface area contributed by atoms with Gasteiger partial charge in [-0.05, 0) is 34.9 Å². The Morgan fingerprint density at radius 3 is 1.95 bits per heavy atom. The van der Waals surface area contributed by atoms with E-state index in [1.165, 1.54) is 0 Å². The molecule has 0 aromatic heterocycles. The number of carbonyl (C=O) groups excluding carboxylic acids is 2. The number of benzene rings is 4. The van der Waals surface area contributed by atoms with E-state index < -0.39 is 6.04 Å². The minimum atomic E-state index is -0.750. The van der Waals surface area contributed by atoms with Gasteiger partial charge in [0, 0.05) is 25.1 Å². The molecule has 7 nitrogen and oxygen atoms in total. The second kappa shape index (κ2) is 14.6. The molecular weight excluding hydrogens is 516 g/mol. The van der Waals surface area contributed by atoms with Gasteiger partial charge in [-0.2, -0.15) is 0 Å². The lowest BCUT2D eigenvalue weighted by Gasteiger charge is -2.32. The first-order valence-electron chi connectivity index (χ1n) is 13.5. The average molecular weight is 553 g/mol. The smallest absolute Gasteiger partial charge is 0.243 e. The fourth-order valence-electron chi connectivity index (χ4n) is 4.75. The van der Waals surface area contributed by atoms with Crippen LogP contribution in [-0.2, 0) is 35.5 Å². The molecule has 0 heterocycles. The van der Waals surface area contributed by atoms with E-state index >= 15 is 0 Å². The lowest BCUT2D eigenvalue weighted by atomic mass is 10.0. The summed E-state index contributed by atoms with van der Waals surface area (Å²) in [5.41, 5.74) is 3.51. The molecule has 4 rings (SSSR count). The van der Waals surface area contributed by atoms with Crippen molar-refractivity contribution in [3.8, 4) is 17.2 Å². The first-order valence-corrected chi connectivity index (χ1v) is 13.5. The molecule has 1 atom stereocenters. The van der Waals surface area contributed by atoms with Crippen LogP contribution in [-0.4, -0.2) is 44.1 Å². The summed E-state index contributed by atoms with van der Waals surface area (Å²) in [5, 5.41) is 3.06. The van der Waals surface area contributed by atoms with Gasteiger partial charge < -0.3 is 24.4 Å². The number of para-hydroxylation sites is 1.